The number of amides is 2. The van der Waals surface area contributed by atoms with Gasteiger partial charge in [0, 0.05) is 29.8 Å². The minimum absolute atomic E-state index is 0. The second kappa shape index (κ2) is 11.1. The second-order valence-electron chi connectivity index (χ2n) is 7.82. The third-order valence-electron chi connectivity index (χ3n) is 5.23. The Labute approximate surface area is 178 Å². The molecule has 0 aromatic heterocycles. The lowest BCUT2D eigenvalue weighted by atomic mass is 9.97. The Morgan fingerprint density at radius 2 is 2.04 bits per heavy atom. The number of hydrogen-bond donors (Lipinski definition) is 2. The number of rotatable bonds is 6. The topological polar surface area (TPSA) is 61.4 Å². The van der Waals surface area contributed by atoms with Crippen LogP contribution in [0, 0.1) is 5.92 Å². The van der Waals surface area contributed by atoms with Crippen molar-refractivity contribution < 1.29 is 9.59 Å². The third kappa shape index (κ3) is 6.13. The van der Waals surface area contributed by atoms with Gasteiger partial charge in [0.2, 0.25) is 5.91 Å². The molecule has 2 saturated heterocycles. The lowest BCUT2D eigenvalue weighted by Crippen LogP contribution is -2.46. The van der Waals surface area contributed by atoms with E-state index in [0.29, 0.717) is 17.7 Å². The summed E-state index contributed by atoms with van der Waals surface area (Å²) in [4.78, 5) is 28.3. The van der Waals surface area contributed by atoms with Gasteiger partial charge in [-0.1, -0.05) is 26.0 Å². The molecule has 2 aliphatic heterocycles. The molecule has 5 nitrogen and oxygen atoms in total. The first-order valence-corrected chi connectivity index (χ1v) is 11.0. The fraction of sp³-hybridized carbons (Fsp3) is 0.619. The van der Waals surface area contributed by atoms with E-state index in [4.69, 9.17) is 0 Å². The van der Waals surface area contributed by atoms with Crippen LogP contribution in [-0.2, 0) is 4.79 Å². The van der Waals surface area contributed by atoms with E-state index in [2.05, 4.69) is 24.5 Å². The van der Waals surface area contributed by atoms with Crippen LogP contribution in [0.5, 0.6) is 0 Å². The highest BCUT2D eigenvalue weighted by Gasteiger charge is 2.27. The lowest BCUT2D eigenvalue weighted by molar-refractivity contribution is -0.123. The molecule has 2 atom stereocenters. The summed E-state index contributed by atoms with van der Waals surface area (Å²) in [5.41, 5.74) is 0.802. The zero-order valence-electron chi connectivity index (χ0n) is 16.8. The van der Waals surface area contributed by atoms with Gasteiger partial charge in [0.1, 0.15) is 0 Å². The van der Waals surface area contributed by atoms with E-state index in [0.717, 1.165) is 55.8 Å². The lowest BCUT2D eigenvalue weighted by Gasteiger charge is -2.33. The van der Waals surface area contributed by atoms with Gasteiger partial charge in [-0.15, -0.1) is 24.2 Å². The van der Waals surface area contributed by atoms with E-state index < -0.39 is 0 Å². The number of hydrogen-bond acceptors (Lipinski definition) is 4. The summed E-state index contributed by atoms with van der Waals surface area (Å²) in [6.07, 6.45) is 4.04. The maximum Gasteiger partial charge on any atom is 0.254 e. The molecule has 0 saturated carbocycles. The van der Waals surface area contributed by atoms with Gasteiger partial charge in [-0.05, 0) is 50.3 Å². The first kappa shape index (κ1) is 23.0. The van der Waals surface area contributed by atoms with Crippen LogP contribution < -0.4 is 10.6 Å². The molecule has 0 bridgehead atoms. The van der Waals surface area contributed by atoms with Gasteiger partial charge in [0.05, 0.1) is 11.6 Å². The molecule has 0 radical (unpaired) electrons. The summed E-state index contributed by atoms with van der Waals surface area (Å²) < 4.78 is 0. The molecule has 3 rings (SSSR count). The standard InChI is InChI=1S/C21H31N3O2S.ClH/c1-15(2)27-19-10-4-3-8-17(19)21(26)24-12-6-7-16(14-24)13-23-20(25)18-9-5-11-22-18;/h3-4,8,10,15-16,18,22H,5-7,9,11-14H2,1-2H3,(H,23,25);1H. The van der Waals surface area contributed by atoms with Crippen molar-refractivity contribution in [2.24, 2.45) is 5.92 Å². The van der Waals surface area contributed by atoms with Crippen LogP contribution in [0.4, 0.5) is 0 Å². The maximum atomic E-state index is 13.1. The Morgan fingerprint density at radius 3 is 2.75 bits per heavy atom. The number of likely N-dealkylation sites (tertiary alicyclic amines) is 1. The molecule has 2 fully saturated rings. The van der Waals surface area contributed by atoms with Crippen molar-refractivity contribution in [1.29, 1.82) is 0 Å². The Morgan fingerprint density at radius 1 is 1.25 bits per heavy atom. The zero-order chi connectivity index (χ0) is 19.2. The van der Waals surface area contributed by atoms with Crippen LogP contribution in [0.1, 0.15) is 49.9 Å². The molecule has 28 heavy (non-hydrogen) atoms. The van der Waals surface area contributed by atoms with Crippen LogP contribution in [0.25, 0.3) is 0 Å². The summed E-state index contributed by atoms with van der Waals surface area (Å²) in [6.45, 7) is 7.39. The van der Waals surface area contributed by atoms with Gasteiger partial charge in [0.25, 0.3) is 5.91 Å². The smallest absolute Gasteiger partial charge is 0.254 e. The van der Waals surface area contributed by atoms with Crippen LogP contribution >= 0.6 is 24.2 Å². The number of halogens is 1. The molecule has 2 amide bonds. The van der Waals surface area contributed by atoms with Crippen molar-refractivity contribution in [2.45, 2.75) is 55.7 Å². The molecular formula is C21H32ClN3O2S. The fourth-order valence-corrected chi connectivity index (χ4v) is 4.81. The largest absolute Gasteiger partial charge is 0.354 e. The van der Waals surface area contributed by atoms with E-state index in [-0.39, 0.29) is 30.3 Å². The fourth-order valence-electron chi connectivity index (χ4n) is 3.86. The van der Waals surface area contributed by atoms with Crippen LogP contribution in [0.2, 0.25) is 0 Å². The number of piperidine rings is 1. The molecule has 1 aromatic rings. The van der Waals surface area contributed by atoms with E-state index >= 15 is 0 Å². The van der Waals surface area contributed by atoms with Gasteiger partial charge in [0.15, 0.2) is 0 Å². The number of thioether (sulfide) groups is 1. The Kier molecular flexibility index (Phi) is 9.12. The van der Waals surface area contributed by atoms with Gasteiger partial charge < -0.3 is 15.5 Å². The van der Waals surface area contributed by atoms with Crippen LogP contribution in [0.3, 0.4) is 0 Å². The SMILES string of the molecule is CC(C)Sc1ccccc1C(=O)N1CCCC(CNC(=O)C2CCCN2)C1.Cl. The molecule has 0 aliphatic carbocycles. The van der Waals surface area contributed by atoms with E-state index in [9.17, 15) is 9.59 Å². The molecule has 1 aromatic carbocycles. The summed E-state index contributed by atoms with van der Waals surface area (Å²) >= 11 is 1.73. The highest BCUT2D eigenvalue weighted by molar-refractivity contribution is 8.00. The molecule has 2 N–H and O–H groups in total. The van der Waals surface area contributed by atoms with Gasteiger partial charge >= 0.3 is 0 Å². The van der Waals surface area contributed by atoms with E-state index in [1.807, 2.05) is 29.2 Å². The number of nitrogens with zero attached hydrogens (tertiary/aromatic N) is 1. The minimum Gasteiger partial charge on any atom is -0.354 e. The van der Waals surface area contributed by atoms with Gasteiger partial charge in [-0.25, -0.2) is 0 Å². The Balaban J connectivity index is 0.00000280. The zero-order valence-corrected chi connectivity index (χ0v) is 18.4. The van der Waals surface area contributed by atoms with Crippen molar-refractivity contribution in [2.75, 3.05) is 26.2 Å². The molecule has 2 aliphatic rings. The van der Waals surface area contributed by atoms with Crippen molar-refractivity contribution in [1.82, 2.24) is 15.5 Å². The number of carbonyl (C=O) groups excluding carboxylic acids is 2. The number of carbonyl (C=O) groups is 2. The predicted molar refractivity (Wildman–Crippen MR) is 117 cm³/mol. The molecular weight excluding hydrogens is 394 g/mol. The molecule has 0 spiro atoms. The first-order chi connectivity index (χ1) is 13.0. The van der Waals surface area contributed by atoms with Crippen molar-refractivity contribution in [3.63, 3.8) is 0 Å². The number of nitrogens with one attached hydrogen (secondary N) is 2. The normalized spacial score (nSPS) is 22.0. The first-order valence-electron chi connectivity index (χ1n) is 10.1. The third-order valence-corrected chi connectivity index (χ3v) is 6.31. The average Bonchev–Trinajstić information content (AvgIpc) is 3.21. The Bertz CT molecular complexity index is 665. The van der Waals surface area contributed by atoms with Gasteiger partial charge in [-0.2, -0.15) is 0 Å². The minimum atomic E-state index is -0.0359. The molecule has 2 heterocycles. The average molecular weight is 426 g/mol. The number of benzene rings is 1. The highest BCUT2D eigenvalue weighted by Crippen LogP contribution is 2.28. The summed E-state index contributed by atoms with van der Waals surface area (Å²) in [6, 6.07) is 7.87. The summed E-state index contributed by atoms with van der Waals surface area (Å²) in [5, 5.41) is 6.76. The van der Waals surface area contributed by atoms with E-state index in [1.54, 1.807) is 11.8 Å². The second-order valence-corrected chi connectivity index (χ2v) is 9.43. The monoisotopic (exact) mass is 425 g/mol. The van der Waals surface area contributed by atoms with Crippen LogP contribution in [0.15, 0.2) is 29.2 Å². The van der Waals surface area contributed by atoms with Crippen molar-refractivity contribution in [3.8, 4) is 0 Å². The van der Waals surface area contributed by atoms with Crippen LogP contribution in [-0.4, -0.2) is 54.2 Å². The molecule has 156 valence electrons. The summed E-state index contributed by atoms with van der Waals surface area (Å²) in [7, 11) is 0. The highest BCUT2D eigenvalue weighted by atomic mass is 35.5. The Hall–Kier alpha value is -1.24. The molecule has 7 heteroatoms. The van der Waals surface area contributed by atoms with Crippen molar-refractivity contribution in [3.05, 3.63) is 29.8 Å². The van der Waals surface area contributed by atoms with E-state index in [1.165, 1.54) is 0 Å². The maximum absolute atomic E-state index is 13.1. The van der Waals surface area contributed by atoms with Crippen molar-refractivity contribution >= 4 is 36.0 Å². The summed E-state index contributed by atoms with van der Waals surface area (Å²) in [5.74, 6) is 0.555. The van der Waals surface area contributed by atoms with Gasteiger partial charge in [-0.3, -0.25) is 9.59 Å². The predicted octanol–water partition coefficient (Wildman–Crippen LogP) is 3.33. The quantitative estimate of drug-likeness (QED) is 0.686. The molecule has 2 unspecified atom stereocenters.